The van der Waals surface area contributed by atoms with Gasteiger partial charge in [0.15, 0.2) is 13.7 Å². The van der Waals surface area contributed by atoms with Crippen molar-refractivity contribution in [2.24, 2.45) is 0 Å². The van der Waals surface area contributed by atoms with E-state index in [-0.39, 0.29) is 0 Å². The van der Waals surface area contributed by atoms with Crippen LogP contribution in [0.25, 0.3) is 0 Å². The summed E-state index contributed by atoms with van der Waals surface area (Å²) in [5.41, 5.74) is 0. The maximum atomic E-state index is 9.48. The molecule has 0 fully saturated rings. The predicted molar refractivity (Wildman–Crippen MR) is 20.2 cm³/mol. The minimum absolute atomic E-state index is 0.495. The second-order valence-corrected chi connectivity index (χ2v) is 0.614. The monoisotopic (exact) mass is 69.0 g/mol. The standard InChI is InChI=1S/C2H4BNO/c1-4-2(3)5/h1H3,(H,4,5). The molecule has 0 unspecified atom stereocenters. The Morgan fingerprint density at radius 2 is 2.20 bits per heavy atom. The van der Waals surface area contributed by atoms with Gasteiger partial charge >= 0.3 is 0 Å². The zero-order valence-electron chi connectivity index (χ0n) is 2.99. The van der Waals surface area contributed by atoms with Crippen molar-refractivity contribution >= 4 is 13.7 Å². The summed E-state index contributed by atoms with van der Waals surface area (Å²) in [6.45, 7) is 0. The summed E-state index contributed by atoms with van der Waals surface area (Å²) in [4.78, 5) is 9.48. The molecule has 1 amide bonds. The van der Waals surface area contributed by atoms with Crippen molar-refractivity contribution < 1.29 is 4.79 Å². The lowest BCUT2D eigenvalue weighted by Crippen LogP contribution is -2.14. The van der Waals surface area contributed by atoms with E-state index < -0.39 is 5.81 Å². The summed E-state index contributed by atoms with van der Waals surface area (Å²) in [6, 6.07) is 0. The molecule has 0 aliphatic heterocycles. The summed E-state index contributed by atoms with van der Waals surface area (Å²) >= 11 is 0. The molecule has 0 saturated carbocycles. The second kappa shape index (κ2) is 1.82. The van der Waals surface area contributed by atoms with Crippen LogP contribution >= 0.6 is 0 Å². The molecule has 0 aromatic rings. The van der Waals surface area contributed by atoms with Crippen LogP contribution in [-0.2, 0) is 0 Å². The van der Waals surface area contributed by atoms with Gasteiger partial charge in [-0.15, -0.1) is 0 Å². The first-order valence-electron chi connectivity index (χ1n) is 1.24. The molecule has 0 aromatic carbocycles. The number of nitrogens with one attached hydrogen (secondary N) is 1. The molecule has 26 valence electrons. The first-order valence-corrected chi connectivity index (χ1v) is 1.24. The molecule has 0 aliphatic carbocycles. The summed E-state index contributed by atoms with van der Waals surface area (Å²) < 4.78 is 0. The molecular weight excluding hydrogens is 64.8 g/mol. The van der Waals surface area contributed by atoms with Crippen molar-refractivity contribution in [3.8, 4) is 0 Å². The highest BCUT2D eigenvalue weighted by atomic mass is 16.1. The number of hydrogen-bond donors (Lipinski definition) is 1. The number of amides is 1. The van der Waals surface area contributed by atoms with Gasteiger partial charge < -0.3 is 5.32 Å². The van der Waals surface area contributed by atoms with E-state index in [1.807, 2.05) is 0 Å². The summed E-state index contributed by atoms with van der Waals surface area (Å²) in [7, 11) is 6.02. The third-order valence-corrected chi connectivity index (χ3v) is 0.246. The zero-order valence-corrected chi connectivity index (χ0v) is 2.99. The van der Waals surface area contributed by atoms with Crippen molar-refractivity contribution in [1.82, 2.24) is 5.32 Å². The highest BCUT2D eigenvalue weighted by Gasteiger charge is 1.72. The molecule has 3 heteroatoms. The van der Waals surface area contributed by atoms with Crippen LogP contribution in [0.4, 0.5) is 4.79 Å². The van der Waals surface area contributed by atoms with E-state index in [1.54, 1.807) is 0 Å². The number of carbonyl (C=O) groups is 1. The lowest BCUT2D eigenvalue weighted by Gasteiger charge is -1.80. The zero-order chi connectivity index (χ0) is 4.28. The Morgan fingerprint density at radius 3 is 2.20 bits per heavy atom. The van der Waals surface area contributed by atoms with Gasteiger partial charge in [-0.2, -0.15) is 0 Å². The van der Waals surface area contributed by atoms with Crippen LogP contribution in [0, 0.1) is 0 Å². The van der Waals surface area contributed by atoms with Crippen molar-refractivity contribution in [1.29, 1.82) is 0 Å². The fraction of sp³-hybridized carbons (Fsp3) is 0.500. The largest absolute Gasteiger partial charge is 0.369 e. The van der Waals surface area contributed by atoms with Crippen molar-refractivity contribution in [3.63, 3.8) is 0 Å². The van der Waals surface area contributed by atoms with E-state index in [4.69, 9.17) is 0 Å². The van der Waals surface area contributed by atoms with Gasteiger partial charge in [0.2, 0.25) is 0 Å². The van der Waals surface area contributed by atoms with Gasteiger partial charge in [-0.25, -0.2) is 0 Å². The van der Waals surface area contributed by atoms with E-state index in [2.05, 4.69) is 13.2 Å². The Labute approximate surface area is 32.0 Å². The fourth-order valence-corrected chi connectivity index (χ4v) is 0. The lowest BCUT2D eigenvalue weighted by molar-refractivity contribution is 0.261. The van der Waals surface area contributed by atoms with Gasteiger partial charge in [0, 0.05) is 7.05 Å². The minimum atomic E-state index is -0.495. The van der Waals surface area contributed by atoms with E-state index in [1.165, 1.54) is 7.05 Å². The van der Waals surface area contributed by atoms with E-state index >= 15 is 0 Å². The highest BCUT2D eigenvalue weighted by molar-refractivity contribution is 6.56. The second-order valence-electron chi connectivity index (χ2n) is 0.614. The third kappa shape index (κ3) is 3.53. The molecule has 0 aliphatic rings. The quantitative estimate of drug-likeness (QED) is 0.381. The maximum Gasteiger partial charge on any atom is 0.200 e. The van der Waals surface area contributed by atoms with Crippen LogP contribution in [0.1, 0.15) is 0 Å². The van der Waals surface area contributed by atoms with Crippen molar-refractivity contribution in [2.45, 2.75) is 0 Å². The van der Waals surface area contributed by atoms with E-state index in [0.717, 1.165) is 0 Å². The Bertz CT molecular complexity index is 44.9. The van der Waals surface area contributed by atoms with Crippen LogP contribution in [0.5, 0.6) is 0 Å². The molecule has 0 atom stereocenters. The topological polar surface area (TPSA) is 29.1 Å². The molecule has 1 N–H and O–H groups in total. The summed E-state index contributed by atoms with van der Waals surface area (Å²) in [5.74, 6) is -0.495. The molecule has 2 radical (unpaired) electrons. The SMILES string of the molecule is [B]C(=O)NC. The smallest absolute Gasteiger partial charge is 0.200 e. The van der Waals surface area contributed by atoms with E-state index in [0.29, 0.717) is 0 Å². The fourth-order valence-electron chi connectivity index (χ4n) is 0. The molecule has 0 bridgehead atoms. The molecule has 0 rings (SSSR count). The predicted octanol–water partition coefficient (Wildman–Crippen LogP) is -0.506. The molecule has 0 heterocycles. The Kier molecular flexibility index (Phi) is 1.65. The van der Waals surface area contributed by atoms with E-state index in [9.17, 15) is 4.79 Å². The van der Waals surface area contributed by atoms with Crippen LogP contribution in [0.3, 0.4) is 0 Å². The van der Waals surface area contributed by atoms with Crippen molar-refractivity contribution in [3.05, 3.63) is 0 Å². The van der Waals surface area contributed by atoms with Crippen molar-refractivity contribution in [2.75, 3.05) is 7.05 Å². The maximum absolute atomic E-state index is 9.48. The first-order chi connectivity index (χ1) is 2.27. The number of rotatable bonds is 0. The Morgan fingerprint density at radius 1 is 2.00 bits per heavy atom. The average Bonchev–Trinajstić information content (AvgIpc) is 1.38. The van der Waals surface area contributed by atoms with Gasteiger partial charge in [0.05, 0.1) is 0 Å². The Balaban J connectivity index is 2.85. The molecular formula is C2H4BNO. The first kappa shape index (κ1) is 4.53. The molecule has 0 aromatic heterocycles. The molecule has 5 heavy (non-hydrogen) atoms. The summed E-state index contributed by atoms with van der Waals surface area (Å²) in [5, 5.41) is 2.17. The van der Waals surface area contributed by atoms with Gasteiger partial charge in [-0.05, 0) is 0 Å². The average molecular weight is 68.9 g/mol. The van der Waals surface area contributed by atoms with Gasteiger partial charge in [0.1, 0.15) is 0 Å². The number of hydrogen-bond acceptors (Lipinski definition) is 1. The van der Waals surface area contributed by atoms with Crippen LogP contribution < -0.4 is 5.32 Å². The minimum Gasteiger partial charge on any atom is -0.369 e. The highest BCUT2D eigenvalue weighted by Crippen LogP contribution is 1.44. The van der Waals surface area contributed by atoms with Crippen LogP contribution in [0.2, 0.25) is 0 Å². The normalized spacial score (nSPS) is 6.60. The van der Waals surface area contributed by atoms with Gasteiger partial charge in [-0.1, -0.05) is 0 Å². The van der Waals surface area contributed by atoms with Gasteiger partial charge in [-0.3, -0.25) is 4.79 Å². The number of carbonyl (C=O) groups excluding carboxylic acids is 1. The van der Waals surface area contributed by atoms with Crippen LogP contribution in [0.15, 0.2) is 0 Å². The molecule has 0 spiro atoms. The Hall–Kier alpha value is -0.465. The van der Waals surface area contributed by atoms with Gasteiger partial charge in [0.25, 0.3) is 0 Å². The third-order valence-electron chi connectivity index (χ3n) is 0.246. The summed E-state index contributed by atoms with van der Waals surface area (Å²) in [6.07, 6.45) is 0. The van der Waals surface area contributed by atoms with Crippen LogP contribution in [-0.4, -0.2) is 20.7 Å². The molecule has 0 saturated heterocycles. The lowest BCUT2D eigenvalue weighted by atomic mass is 10.1. The molecule has 2 nitrogen and oxygen atoms in total.